The first-order valence-corrected chi connectivity index (χ1v) is 9.70. The van der Waals surface area contributed by atoms with E-state index < -0.39 is 21.8 Å². The van der Waals surface area contributed by atoms with Crippen LogP contribution in [0.2, 0.25) is 0 Å². The van der Waals surface area contributed by atoms with Gasteiger partial charge in [0.2, 0.25) is 5.91 Å². The molecule has 0 aliphatic heterocycles. The fraction of sp³-hybridized carbons (Fsp3) is 0.105. The van der Waals surface area contributed by atoms with Gasteiger partial charge >= 0.3 is 0 Å². The number of sulfonamides is 1. The molecule has 0 unspecified atom stereocenters. The Kier molecular flexibility index (Phi) is 5.27. The number of anilines is 1. The van der Waals surface area contributed by atoms with E-state index in [4.69, 9.17) is 4.42 Å². The highest BCUT2D eigenvalue weighted by atomic mass is 32.2. The Hall–Kier alpha value is -3.46. The van der Waals surface area contributed by atoms with Crippen molar-refractivity contribution in [3.63, 3.8) is 0 Å². The number of oxazole rings is 1. The van der Waals surface area contributed by atoms with Crippen LogP contribution in [0.1, 0.15) is 23.0 Å². The summed E-state index contributed by atoms with van der Waals surface area (Å²) in [5.74, 6) is -0.836. The predicted octanol–water partition coefficient (Wildman–Crippen LogP) is 2.73. The molecule has 3 rings (SSSR count). The average molecular weight is 399 g/mol. The number of hydrogen-bond donors (Lipinski definition) is 2. The Balaban J connectivity index is 1.81. The summed E-state index contributed by atoms with van der Waals surface area (Å²) in [5, 5.41) is 2.65. The lowest BCUT2D eigenvalue weighted by molar-refractivity contribution is -0.117. The quantitative estimate of drug-likeness (QED) is 0.681. The number of rotatable bonds is 5. The number of nitrogens with one attached hydrogen (secondary N) is 2. The molecule has 0 saturated heterocycles. The molecule has 0 spiro atoms. The monoisotopic (exact) mass is 399 g/mol. The SMILES string of the molecule is CC(=O)NS(=O)(=O)c1ccc(NC(=O)c2ncoc2-c2ccccc2C)cc1. The molecule has 8 nitrogen and oxygen atoms in total. The van der Waals surface area contributed by atoms with Gasteiger partial charge in [0.15, 0.2) is 17.8 Å². The summed E-state index contributed by atoms with van der Waals surface area (Å²) in [4.78, 5) is 27.5. The van der Waals surface area contributed by atoms with Gasteiger partial charge in [-0.05, 0) is 36.8 Å². The van der Waals surface area contributed by atoms with Crippen LogP contribution in [0.25, 0.3) is 11.3 Å². The molecule has 9 heteroatoms. The summed E-state index contributed by atoms with van der Waals surface area (Å²) in [5.41, 5.74) is 2.16. The fourth-order valence-electron chi connectivity index (χ4n) is 2.58. The number of carbonyl (C=O) groups excluding carboxylic acids is 2. The summed E-state index contributed by atoms with van der Waals surface area (Å²) in [6.07, 6.45) is 1.19. The smallest absolute Gasteiger partial charge is 0.278 e. The van der Waals surface area contributed by atoms with Gasteiger partial charge in [-0.2, -0.15) is 0 Å². The van der Waals surface area contributed by atoms with E-state index in [9.17, 15) is 18.0 Å². The molecule has 0 aliphatic rings. The minimum Gasteiger partial charge on any atom is -0.443 e. The van der Waals surface area contributed by atoms with Crippen molar-refractivity contribution in [3.05, 3.63) is 66.2 Å². The van der Waals surface area contributed by atoms with E-state index in [-0.39, 0.29) is 10.6 Å². The largest absolute Gasteiger partial charge is 0.443 e. The van der Waals surface area contributed by atoms with Crippen molar-refractivity contribution >= 4 is 27.5 Å². The summed E-state index contributed by atoms with van der Waals surface area (Å²) in [6.45, 7) is 3.00. The lowest BCUT2D eigenvalue weighted by Crippen LogP contribution is -2.28. The van der Waals surface area contributed by atoms with Crippen LogP contribution < -0.4 is 10.0 Å². The van der Waals surface area contributed by atoms with Crippen LogP contribution in [-0.2, 0) is 14.8 Å². The highest BCUT2D eigenvalue weighted by molar-refractivity contribution is 7.90. The summed E-state index contributed by atoms with van der Waals surface area (Å²) >= 11 is 0. The lowest BCUT2D eigenvalue weighted by Gasteiger charge is -2.08. The molecule has 0 aliphatic carbocycles. The zero-order valence-corrected chi connectivity index (χ0v) is 15.9. The first kappa shape index (κ1) is 19.3. The molecular formula is C19H17N3O5S. The zero-order valence-electron chi connectivity index (χ0n) is 15.1. The van der Waals surface area contributed by atoms with E-state index in [0.717, 1.165) is 18.1 Å². The Morgan fingerprint density at radius 3 is 2.36 bits per heavy atom. The molecule has 144 valence electrons. The van der Waals surface area contributed by atoms with Crippen molar-refractivity contribution in [1.29, 1.82) is 0 Å². The predicted molar refractivity (Wildman–Crippen MR) is 102 cm³/mol. The fourth-order valence-corrected chi connectivity index (χ4v) is 3.57. The molecule has 2 amide bonds. The maximum atomic E-state index is 12.6. The van der Waals surface area contributed by atoms with Crippen molar-refractivity contribution in [1.82, 2.24) is 9.71 Å². The lowest BCUT2D eigenvalue weighted by atomic mass is 10.1. The number of carbonyl (C=O) groups is 2. The van der Waals surface area contributed by atoms with Crippen molar-refractivity contribution in [3.8, 4) is 11.3 Å². The number of amides is 2. The minimum absolute atomic E-state index is 0.0947. The average Bonchev–Trinajstić information content (AvgIpc) is 3.11. The molecule has 2 aromatic carbocycles. The number of benzene rings is 2. The van der Waals surface area contributed by atoms with Gasteiger partial charge in [-0.3, -0.25) is 9.59 Å². The molecule has 0 saturated carbocycles. The van der Waals surface area contributed by atoms with Gasteiger partial charge in [0.05, 0.1) is 4.90 Å². The second-order valence-corrected chi connectivity index (χ2v) is 7.67. The first-order chi connectivity index (χ1) is 13.3. The molecule has 1 heterocycles. The van der Waals surface area contributed by atoms with Crippen LogP contribution in [0, 0.1) is 6.92 Å². The molecular weight excluding hydrogens is 382 g/mol. The van der Waals surface area contributed by atoms with E-state index in [0.29, 0.717) is 11.4 Å². The zero-order chi connectivity index (χ0) is 20.3. The molecule has 28 heavy (non-hydrogen) atoms. The van der Waals surface area contributed by atoms with Crippen molar-refractivity contribution in [2.24, 2.45) is 0 Å². The number of nitrogens with zero attached hydrogens (tertiary/aromatic N) is 1. The van der Waals surface area contributed by atoms with Crippen LogP contribution in [0.5, 0.6) is 0 Å². The Morgan fingerprint density at radius 2 is 1.71 bits per heavy atom. The molecule has 1 aromatic heterocycles. The number of hydrogen-bond acceptors (Lipinski definition) is 6. The molecule has 0 fully saturated rings. The van der Waals surface area contributed by atoms with E-state index >= 15 is 0 Å². The van der Waals surface area contributed by atoms with Gasteiger partial charge in [-0.15, -0.1) is 0 Å². The normalized spacial score (nSPS) is 11.1. The topological polar surface area (TPSA) is 118 Å². The van der Waals surface area contributed by atoms with Gasteiger partial charge in [0.25, 0.3) is 15.9 Å². The minimum atomic E-state index is -3.94. The molecule has 3 aromatic rings. The molecule has 0 bridgehead atoms. The van der Waals surface area contributed by atoms with Crippen molar-refractivity contribution in [2.45, 2.75) is 18.7 Å². The number of aromatic nitrogens is 1. The van der Waals surface area contributed by atoms with Crippen LogP contribution in [-0.4, -0.2) is 25.2 Å². The van der Waals surface area contributed by atoms with Crippen LogP contribution in [0.3, 0.4) is 0 Å². The van der Waals surface area contributed by atoms with Gasteiger partial charge in [0, 0.05) is 18.2 Å². The second-order valence-electron chi connectivity index (χ2n) is 5.99. The van der Waals surface area contributed by atoms with Gasteiger partial charge in [-0.1, -0.05) is 24.3 Å². The first-order valence-electron chi connectivity index (χ1n) is 8.22. The van der Waals surface area contributed by atoms with E-state index in [1.807, 2.05) is 35.9 Å². The molecule has 0 atom stereocenters. The van der Waals surface area contributed by atoms with Gasteiger partial charge in [-0.25, -0.2) is 18.1 Å². The van der Waals surface area contributed by atoms with Crippen molar-refractivity contribution < 1.29 is 22.4 Å². The third-order valence-electron chi connectivity index (χ3n) is 3.87. The van der Waals surface area contributed by atoms with Crippen LogP contribution in [0.4, 0.5) is 5.69 Å². The highest BCUT2D eigenvalue weighted by Gasteiger charge is 2.20. The van der Waals surface area contributed by atoms with Crippen LogP contribution >= 0.6 is 0 Å². The van der Waals surface area contributed by atoms with Crippen molar-refractivity contribution in [2.75, 3.05) is 5.32 Å². The molecule has 0 radical (unpaired) electrons. The van der Waals surface area contributed by atoms with Gasteiger partial charge < -0.3 is 9.73 Å². The highest BCUT2D eigenvalue weighted by Crippen LogP contribution is 2.27. The molecule has 2 N–H and O–H groups in total. The van der Waals surface area contributed by atoms with Crippen LogP contribution in [0.15, 0.2) is 64.2 Å². The summed E-state index contributed by atoms with van der Waals surface area (Å²) < 4.78 is 31.2. The Bertz CT molecular complexity index is 1130. The Morgan fingerprint density at radius 1 is 1.04 bits per heavy atom. The van der Waals surface area contributed by atoms with E-state index in [2.05, 4.69) is 10.3 Å². The summed E-state index contributed by atoms with van der Waals surface area (Å²) in [7, 11) is -3.94. The summed E-state index contributed by atoms with van der Waals surface area (Å²) in [6, 6.07) is 12.8. The second kappa shape index (κ2) is 7.65. The Labute approximate surface area is 161 Å². The maximum Gasteiger partial charge on any atom is 0.278 e. The maximum absolute atomic E-state index is 12.6. The van der Waals surface area contributed by atoms with E-state index in [1.165, 1.54) is 30.7 Å². The standard InChI is InChI=1S/C19H17N3O5S/c1-12-5-3-4-6-16(12)18-17(20-11-27-18)19(24)21-14-7-9-15(10-8-14)28(25,26)22-13(2)23/h3-11H,1-2H3,(H,21,24)(H,22,23). The third-order valence-corrected chi connectivity index (χ3v) is 5.32. The third kappa shape index (κ3) is 4.09. The van der Waals surface area contributed by atoms with Gasteiger partial charge in [0.1, 0.15) is 0 Å². The number of aryl methyl sites for hydroxylation is 1. The van der Waals surface area contributed by atoms with E-state index in [1.54, 1.807) is 0 Å².